The standard InChI is InChI=1S/C20H20F2N4O2/c1-11-7-12(2)26(18(11)20-24-19(25-28-20)13-3-4-13)10-17(27)23-9-14-5-6-15(21)8-16(14)22/h5-8,13H,3-4,9-10H2,1-2H3,(H,23,27). The summed E-state index contributed by atoms with van der Waals surface area (Å²) >= 11 is 0. The van der Waals surface area contributed by atoms with Crippen LogP contribution >= 0.6 is 0 Å². The zero-order chi connectivity index (χ0) is 19.8. The summed E-state index contributed by atoms with van der Waals surface area (Å²) in [6.45, 7) is 3.82. The number of nitrogens with zero attached hydrogens (tertiary/aromatic N) is 3. The maximum atomic E-state index is 13.7. The van der Waals surface area contributed by atoms with Crippen molar-refractivity contribution in [2.45, 2.75) is 45.7 Å². The molecule has 146 valence electrons. The smallest absolute Gasteiger partial charge is 0.274 e. The second-order valence-electron chi connectivity index (χ2n) is 7.15. The Bertz CT molecular complexity index is 1040. The highest BCUT2D eigenvalue weighted by molar-refractivity contribution is 5.77. The van der Waals surface area contributed by atoms with Crippen LogP contribution in [0.1, 0.15) is 41.4 Å². The minimum absolute atomic E-state index is 0.0219. The number of hydrogen-bond donors (Lipinski definition) is 1. The van der Waals surface area contributed by atoms with Crippen LogP contribution < -0.4 is 5.32 Å². The summed E-state index contributed by atoms with van der Waals surface area (Å²) in [6.07, 6.45) is 2.14. The van der Waals surface area contributed by atoms with E-state index in [1.165, 1.54) is 6.07 Å². The molecule has 0 atom stereocenters. The lowest BCUT2D eigenvalue weighted by Gasteiger charge is -2.11. The lowest BCUT2D eigenvalue weighted by Crippen LogP contribution is -2.28. The monoisotopic (exact) mass is 386 g/mol. The SMILES string of the molecule is Cc1cc(C)n(CC(=O)NCc2ccc(F)cc2F)c1-c1nc(C2CC2)no1. The van der Waals surface area contributed by atoms with E-state index in [1.54, 1.807) is 4.57 Å². The summed E-state index contributed by atoms with van der Waals surface area (Å²) in [5.41, 5.74) is 2.74. The Kier molecular flexibility index (Phi) is 4.70. The molecule has 0 saturated heterocycles. The zero-order valence-corrected chi connectivity index (χ0v) is 15.6. The van der Waals surface area contributed by atoms with E-state index in [4.69, 9.17) is 4.52 Å². The van der Waals surface area contributed by atoms with Crippen molar-refractivity contribution in [2.24, 2.45) is 0 Å². The first-order chi connectivity index (χ1) is 13.4. The largest absolute Gasteiger partial charge is 0.350 e. The number of aryl methyl sites for hydroxylation is 2. The molecular formula is C20H20F2N4O2. The quantitative estimate of drug-likeness (QED) is 0.702. The first-order valence-corrected chi connectivity index (χ1v) is 9.13. The number of carbonyl (C=O) groups excluding carboxylic acids is 1. The second-order valence-corrected chi connectivity index (χ2v) is 7.15. The van der Waals surface area contributed by atoms with E-state index in [1.807, 2.05) is 19.9 Å². The molecule has 1 aliphatic rings. The van der Waals surface area contributed by atoms with E-state index >= 15 is 0 Å². The molecule has 4 rings (SSSR count). The topological polar surface area (TPSA) is 73.0 Å². The molecule has 1 saturated carbocycles. The number of aromatic nitrogens is 3. The van der Waals surface area contributed by atoms with Crippen molar-refractivity contribution < 1.29 is 18.1 Å². The first-order valence-electron chi connectivity index (χ1n) is 9.13. The van der Waals surface area contributed by atoms with Gasteiger partial charge in [0.2, 0.25) is 5.91 Å². The normalized spacial score (nSPS) is 13.7. The molecule has 3 aromatic rings. The fourth-order valence-corrected chi connectivity index (χ4v) is 3.23. The maximum absolute atomic E-state index is 13.7. The summed E-state index contributed by atoms with van der Waals surface area (Å²) in [4.78, 5) is 16.9. The lowest BCUT2D eigenvalue weighted by molar-refractivity contribution is -0.121. The summed E-state index contributed by atoms with van der Waals surface area (Å²) in [6, 6.07) is 5.23. The summed E-state index contributed by atoms with van der Waals surface area (Å²) < 4.78 is 33.9. The molecule has 0 spiro atoms. The van der Waals surface area contributed by atoms with Crippen molar-refractivity contribution in [1.82, 2.24) is 20.0 Å². The van der Waals surface area contributed by atoms with Crippen LogP contribution in [0, 0.1) is 25.5 Å². The maximum Gasteiger partial charge on any atom is 0.274 e. The molecule has 1 N–H and O–H groups in total. The predicted molar refractivity (Wildman–Crippen MR) is 97.4 cm³/mol. The van der Waals surface area contributed by atoms with E-state index in [-0.39, 0.29) is 24.6 Å². The number of carbonyl (C=O) groups is 1. The highest BCUT2D eigenvalue weighted by atomic mass is 19.1. The highest BCUT2D eigenvalue weighted by Gasteiger charge is 2.30. The Morgan fingerprint density at radius 1 is 1.29 bits per heavy atom. The van der Waals surface area contributed by atoms with Crippen LogP contribution in [0.5, 0.6) is 0 Å². The third kappa shape index (κ3) is 3.67. The van der Waals surface area contributed by atoms with Crippen LogP contribution in [0.15, 0.2) is 28.8 Å². The lowest BCUT2D eigenvalue weighted by atomic mass is 10.2. The third-order valence-electron chi connectivity index (χ3n) is 4.87. The van der Waals surface area contributed by atoms with Gasteiger partial charge in [0.05, 0.1) is 0 Å². The summed E-state index contributed by atoms with van der Waals surface area (Å²) in [7, 11) is 0. The Balaban J connectivity index is 1.50. The van der Waals surface area contributed by atoms with Crippen molar-refractivity contribution >= 4 is 5.91 Å². The Hall–Kier alpha value is -3.03. The molecule has 1 aromatic carbocycles. The molecule has 1 fully saturated rings. The molecular weight excluding hydrogens is 366 g/mol. The van der Waals surface area contributed by atoms with Crippen LogP contribution in [0.25, 0.3) is 11.6 Å². The van der Waals surface area contributed by atoms with Crippen LogP contribution in [-0.2, 0) is 17.9 Å². The van der Waals surface area contributed by atoms with Crippen molar-refractivity contribution in [1.29, 1.82) is 0 Å². The Morgan fingerprint density at radius 2 is 2.07 bits per heavy atom. The van der Waals surface area contributed by atoms with Crippen LogP contribution in [0.3, 0.4) is 0 Å². The van der Waals surface area contributed by atoms with E-state index in [0.717, 1.165) is 36.2 Å². The molecule has 28 heavy (non-hydrogen) atoms. The van der Waals surface area contributed by atoms with Gasteiger partial charge in [-0.05, 0) is 44.4 Å². The van der Waals surface area contributed by atoms with Crippen LogP contribution in [0.4, 0.5) is 8.78 Å². The van der Waals surface area contributed by atoms with Crippen molar-refractivity contribution in [3.05, 3.63) is 58.5 Å². The number of amides is 1. The number of nitrogens with one attached hydrogen (secondary N) is 1. The van der Waals surface area contributed by atoms with Crippen LogP contribution in [0.2, 0.25) is 0 Å². The third-order valence-corrected chi connectivity index (χ3v) is 4.87. The molecule has 0 bridgehead atoms. The summed E-state index contributed by atoms with van der Waals surface area (Å²) in [5, 5.41) is 6.71. The minimum atomic E-state index is -0.688. The molecule has 6 nitrogen and oxygen atoms in total. The average Bonchev–Trinajstić information content (AvgIpc) is 3.31. The zero-order valence-electron chi connectivity index (χ0n) is 15.6. The number of halogens is 2. The minimum Gasteiger partial charge on any atom is -0.350 e. The molecule has 1 amide bonds. The van der Waals surface area contributed by atoms with Crippen molar-refractivity contribution in [2.75, 3.05) is 0 Å². The Morgan fingerprint density at radius 3 is 2.79 bits per heavy atom. The predicted octanol–water partition coefficient (Wildman–Crippen LogP) is 3.63. The average molecular weight is 386 g/mol. The van der Waals surface area contributed by atoms with Gasteiger partial charge in [-0.25, -0.2) is 8.78 Å². The first kappa shape index (κ1) is 18.3. The Labute approximate surface area is 160 Å². The molecule has 0 unspecified atom stereocenters. The molecule has 0 aliphatic heterocycles. The molecule has 8 heteroatoms. The molecule has 2 aromatic heterocycles. The van der Waals surface area contributed by atoms with Crippen molar-refractivity contribution in [3.63, 3.8) is 0 Å². The van der Waals surface area contributed by atoms with Gasteiger partial charge in [0.1, 0.15) is 23.9 Å². The fourth-order valence-electron chi connectivity index (χ4n) is 3.23. The number of rotatable bonds is 6. The second kappa shape index (κ2) is 7.18. The van der Waals surface area contributed by atoms with Gasteiger partial charge in [-0.3, -0.25) is 4.79 Å². The molecule has 2 heterocycles. The van der Waals surface area contributed by atoms with Gasteiger partial charge in [-0.2, -0.15) is 4.98 Å². The van der Waals surface area contributed by atoms with Gasteiger partial charge in [0.15, 0.2) is 5.82 Å². The van der Waals surface area contributed by atoms with Gasteiger partial charge in [-0.1, -0.05) is 11.2 Å². The number of hydrogen-bond acceptors (Lipinski definition) is 4. The van der Waals surface area contributed by atoms with Gasteiger partial charge in [0.25, 0.3) is 5.89 Å². The van der Waals surface area contributed by atoms with Gasteiger partial charge in [-0.15, -0.1) is 0 Å². The molecule has 1 aliphatic carbocycles. The summed E-state index contributed by atoms with van der Waals surface area (Å²) in [5.74, 6) is -0.170. The molecule has 0 radical (unpaired) electrons. The number of benzene rings is 1. The highest BCUT2D eigenvalue weighted by Crippen LogP contribution is 2.39. The van der Waals surface area contributed by atoms with Gasteiger partial charge >= 0.3 is 0 Å². The van der Waals surface area contributed by atoms with Gasteiger partial charge in [0, 0.05) is 29.8 Å². The van der Waals surface area contributed by atoms with E-state index in [2.05, 4.69) is 15.5 Å². The van der Waals surface area contributed by atoms with Gasteiger partial charge < -0.3 is 14.4 Å². The van der Waals surface area contributed by atoms with E-state index < -0.39 is 11.6 Å². The van der Waals surface area contributed by atoms with Crippen molar-refractivity contribution in [3.8, 4) is 11.6 Å². The van der Waals surface area contributed by atoms with Crippen LogP contribution in [-0.4, -0.2) is 20.6 Å². The van der Waals surface area contributed by atoms with E-state index in [0.29, 0.717) is 23.3 Å². The fraction of sp³-hybridized carbons (Fsp3) is 0.350. The van der Waals surface area contributed by atoms with E-state index in [9.17, 15) is 13.6 Å².